The number of pyridine rings is 1. The van der Waals surface area contributed by atoms with Crippen LogP contribution in [0, 0.1) is 0 Å². The Morgan fingerprint density at radius 1 is 1.10 bits per heavy atom. The number of fused-ring (bicyclic) bond motifs is 1. The number of nitrogens with zero attached hydrogens (tertiary/aromatic N) is 4. The zero-order valence-corrected chi connectivity index (χ0v) is 17.2. The van der Waals surface area contributed by atoms with Gasteiger partial charge in [-0.1, -0.05) is 19.4 Å². The lowest BCUT2D eigenvalue weighted by Crippen LogP contribution is -2.42. The molecular formula is C19H18F5N5OS. The summed E-state index contributed by atoms with van der Waals surface area (Å²) in [6.07, 6.45) is 3.11. The number of rotatable bonds is 4. The van der Waals surface area contributed by atoms with Crippen molar-refractivity contribution in [1.82, 2.24) is 14.8 Å². The van der Waals surface area contributed by atoms with Gasteiger partial charge in [-0.3, -0.25) is 9.48 Å². The molecule has 4 rings (SSSR count). The molecule has 0 aliphatic carbocycles. The third-order valence-electron chi connectivity index (χ3n) is 5.03. The van der Waals surface area contributed by atoms with Crippen LogP contribution in [-0.2, 0) is 0 Å². The van der Waals surface area contributed by atoms with E-state index in [0.29, 0.717) is 29.1 Å². The van der Waals surface area contributed by atoms with Gasteiger partial charge in [0.2, 0.25) is 0 Å². The van der Waals surface area contributed by atoms with Crippen LogP contribution >= 0.6 is 10.2 Å². The highest BCUT2D eigenvalue weighted by molar-refractivity contribution is 8.45. The Balaban J connectivity index is 1.75. The van der Waals surface area contributed by atoms with Gasteiger partial charge in [-0.2, -0.15) is 5.10 Å². The van der Waals surface area contributed by atoms with E-state index >= 15 is 0 Å². The number of aromatic nitrogens is 3. The molecule has 0 radical (unpaired) electrons. The van der Waals surface area contributed by atoms with Crippen molar-refractivity contribution in [3.05, 3.63) is 54.5 Å². The van der Waals surface area contributed by atoms with Gasteiger partial charge in [0.15, 0.2) is 0 Å². The number of halogens is 5. The van der Waals surface area contributed by atoms with Crippen molar-refractivity contribution in [3.8, 4) is 11.1 Å². The van der Waals surface area contributed by atoms with Gasteiger partial charge in [-0.25, -0.2) is 4.98 Å². The van der Waals surface area contributed by atoms with Gasteiger partial charge < -0.3 is 10.2 Å². The fourth-order valence-corrected chi connectivity index (χ4v) is 4.16. The highest BCUT2D eigenvalue weighted by atomic mass is 32.5. The summed E-state index contributed by atoms with van der Waals surface area (Å²) in [7, 11) is -8.09. The lowest BCUT2D eigenvalue weighted by atomic mass is 10.0. The first-order valence-electron chi connectivity index (χ1n) is 9.16. The number of benzene rings is 1. The van der Waals surface area contributed by atoms with Crippen molar-refractivity contribution in [1.29, 1.82) is 0 Å². The summed E-state index contributed by atoms with van der Waals surface area (Å²) >= 11 is 0. The summed E-state index contributed by atoms with van der Waals surface area (Å²) in [5, 5.41) is 7.20. The van der Waals surface area contributed by atoms with Crippen molar-refractivity contribution in [2.24, 2.45) is 0 Å². The molecule has 0 bridgehead atoms. The van der Waals surface area contributed by atoms with Crippen LogP contribution in [0.15, 0.2) is 53.7 Å². The highest BCUT2D eigenvalue weighted by Gasteiger charge is 2.65. The lowest BCUT2D eigenvalue weighted by molar-refractivity contribution is 0.0954. The molecule has 31 heavy (non-hydrogen) atoms. The summed E-state index contributed by atoms with van der Waals surface area (Å²) in [6, 6.07) is 5.54. The first kappa shape index (κ1) is 21.1. The Labute approximate surface area is 174 Å². The van der Waals surface area contributed by atoms with Gasteiger partial charge in [-0.15, -0.1) is 0 Å². The molecular weight excluding hydrogens is 441 g/mol. The molecule has 0 unspecified atom stereocenters. The zero-order chi connectivity index (χ0) is 22.7. The molecule has 12 heteroatoms. The molecule has 2 aromatic heterocycles. The smallest absolute Gasteiger partial charge is 0.310 e. The fourth-order valence-electron chi connectivity index (χ4n) is 3.51. The molecule has 0 spiro atoms. The highest BCUT2D eigenvalue weighted by Crippen LogP contribution is 3.02. The molecule has 1 amide bonds. The van der Waals surface area contributed by atoms with E-state index in [9.17, 15) is 24.2 Å². The Morgan fingerprint density at radius 2 is 1.77 bits per heavy atom. The van der Waals surface area contributed by atoms with Crippen LogP contribution in [0.3, 0.4) is 0 Å². The number of hydrogen-bond acceptors (Lipinski definition) is 4. The molecule has 166 valence electrons. The van der Waals surface area contributed by atoms with Crippen molar-refractivity contribution >= 4 is 27.6 Å². The molecule has 1 N–H and O–H groups in total. The Kier molecular flexibility index (Phi) is 4.21. The molecule has 1 atom stereocenters. The molecule has 1 aliphatic heterocycles. The number of hydrogen-bond donors (Lipinski definition) is 1. The maximum atomic E-state index is 13.3. The Bertz CT molecular complexity index is 1180. The van der Waals surface area contributed by atoms with Crippen LogP contribution in [0.4, 0.5) is 30.9 Å². The topological polar surface area (TPSA) is 63.1 Å². The van der Waals surface area contributed by atoms with E-state index in [-0.39, 0.29) is 24.0 Å². The van der Waals surface area contributed by atoms with E-state index in [1.807, 2.05) is 0 Å². The van der Waals surface area contributed by atoms with Gasteiger partial charge >= 0.3 is 10.2 Å². The molecule has 1 aromatic carbocycles. The van der Waals surface area contributed by atoms with E-state index in [1.54, 1.807) is 43.2 Å². The van der Waals surface area contributed by atoms with E-state index in [4.69, 9.17) is 0 Å². The van der Waals surface area contributed by atoms with Gasteiger partial charge in [0, 0.05) is 31.0 Å². The van der Waals surface area contributed by atoms with E-state index in [0.717, 1.165) is 12.1 Å². The monoisotopic (exact) mass is 459 g/mol. The minimum Gasteiger partial charge on any atom is -0.373 e. The molecule has 0 saturated carbocycles. The minimum absolute atomic E-state index is 0.0893. The molecule has 6 nitrogen and oxygen atoms in total. The first-order valence-corrected chi connectivity index (χ1v) is 11.1. The number of amides is 1. The SMILES string of the molecule is CNc1cc(-c2cnn3c2C(=O)N(c2ccc(S(F)(F)(F)(F)F)cc2)C[C@@H]3C)ccn1. The second-order valence-electron chi connectivity index (χ2n) is 7.26. The van der Waals surface area contributed by atoms with Crippen LogP contribution in [0.25, 0.3) is 11.1 Å². The van der Waals surface area contributed by atoms with Gasteiger partial charge in [-0.05, 0) is 48.9 Å². The second kappa shape index (κ2) is 6.19. The maximum Gasteiger partial charge on any atom is 0.310 e. The molecule has 1 aliphatic rings. The Morgan fingerprint density at radius 3 is 2.39 bits per heavy atom. The standard InChI is InChI=1S/C19H18F5N5OS/c1-12-11-28(14-3-5-15(6-4-14)31(20,21,22,23)24)19(30)18-16(10-27-29(12)18)13-7-8-26-17(9-13)25-2/h3-10,12H,11H2,1-2H3,(H,25,26)/t12-/m0/s1. The normalized spacial score (nSPS) is 18.9. The van der Waals surface area contributed by atoms with Crippen molar-refractivity contribution < 1.29 is 24.2 Å². The molecule has 3 aromatic rings. The quantitative estimate of drug-likeness (QED) is 0.496. The molecule has 0 fully saturated rings. The Hall–Kier alpha value is -3.15. The number of carbonyl (C=O) groups excluding carboxylic acids is 1. The van der Waals surface area contributed by atoms with Crippen molar-refractivity contribution in [2.75, 3.05) is 23.8 Å². The number of nitrogens with one attached hydrogen (secondary N) is 1. The predicted molar refractivity (Wildman–Crippen MR) is 109 cm³/mol. The lowest BCUT2D eigenvalue weighted by Gasteiger charge is -2.40. The van der Waals surface area contributed by atoms with Gasteiger partial charge in [0.1, 0.15) is 16.4 Å². The predicted octanol–water partition coefficient (Wildman–Crippen LogP) is 5.87. The summed E-state index contributed by atoms with van der Waals surface area (Å²) in [5.41, 5.74) is 1.55. The van der Waals surface area contributed by atoms with Crippen molar-refractivity contribution in [3.63, 3.8) is 0 Å². The van der Waals surface area contributed by atoms with Crippen LogP contribution in [-0.4, -0.2) is 34.3 Å². The van der Waals surface area contributed by atoms with Crippen LogP contribution in [0.5, 0.6) is 0 Å². The maximum absolute atomic E-state index is 13.3. The first-order chi connectivity index (χ1) is 14.3. The summed E-state index contributed by atoms with van der Waals surface area (Å²) < 4.78 is 66.6. The number of carbonyl (C=O) groups is 1. The minimum atomic E-state index is -9.79. The van der Waals surface area contributed by atoms with Crippen LogP contribution in [0.2, 0.25) is 0 Å². The third-order valence-corrected chi connectivity index (χ3v) is 6.19. The van der Waals surface area contributed by atoms with E-state index < -0.39 is 21.0 Å². The average molecular weight is 459 g/mol. The largest absolute Gasteiger partial charge is 0.373 e. The van der Waals surface area contributed by atoms with E-state index in [1.165, 1.54) is 4.90 Å². The number of anilines is 2. The fraction of sp³-hybridized carbons (Fsp3) is 0.211. The third kappa shape index (κ3) is 3.82. The summed E-state index contributed by atoms with van der Waals surface area (Å²) in [6.45, 7) is 1.93. The molecule has 3 heterocycles. The molecule has 0 saturated heterocycles. The summed E-state index contributed by atoms with van der Waals surface area (Å²) in [4.78, 5) is 16.7. The van der Waals surface area contributed by atoms with Crippen LogP contribution in [0.1, 0.15) is 23.5 Å². The van der Waals surface area contributed by atoms with Gasteiger partial charge in [0.25, 0.3) is 5.91 Å². The zero-order valence-electron chi connectivity index (χ0n) is 16.4. The summed E-state index contributed by atoms with van der Waals surface area (Å²) in [5.74, 6) is 0.0886. The van der Waals surface area contributed by atoms with E-state index in [2.05, 4.69) is 15.4 Å². The second-order valence-corrected chi connectivity index (χ2v) is 9.67. The van der Waals surface area contributed by atoms with Crippen molar-refractivity contribution in [2.45, 2.75) is 17.9 Å². The average Bonchev–Trinajstić information content (AvgIpc) is 3.15. The van der Waals surface area contributed by atoms with Gasteiger partial charge in [0.05, 0.1) is 12.2 Å². The van der Waals surface area contributed by atoms with Crippen LogP contribution < -0.4 is 10.2 Å².